The predicted octanol–water partition coefficient (Wildman–Crippen LogP) is 3.67. The molecule has 5 heteroatoms. The Bertz CT molecular complexity index is 599. The van der Waals surface area contributed by atoms with Crippen LogP contribution in [0.3, 0.4) is 0 Å². The lowest BCUT2D eigenvalue weighted by Gasteiger charge is -2.14. The van der Waals surface area contributed by atoms with Gasteiger partial charge < -0.3 is 14.9 Å². The van der Waals surface area contributed by atoms with Crippen LogP contribution in [-0.4, -0.2) is 10.2 Å². The van der Waals surface area contributed by atoms with Crippen LogP contribution in [0.2, 0.25) is 0 Å². The van der Waals surface area contributed by atoms with Gasteiger partial charge in [0.25, 0.3) is 0 Å². The van der Waals surface area contributed by atoms with Crippen molar-refractivity contribution in [2.75, 3.05) is 0 Å². The van der Waals surface area contributed by atoms with Crippen molar-refractivity contribution in [2.24, 2.45) is 0 Å². The van der Waals surface area contributed by atoms with E-state index in [4.69, 9.17) is 4.74 Å². The van der Waals surface area contributed by atoms with Gasteiger partial charge in [0.2, 0.25) is 0 Å². The van der Waals surface area contributed by atoms with E-state index in [2.05, 4.69) is 15.9 Å². The lowest BCUT2D eigenvalue weighted by molar-refractivity contribution is -0.0437. The van der Waals surface area contributed by atoms with E-state index in [9.17, 15) is 14.6 Å². The number of rotatable bonds is 3. The first-order chi connectivity index (χ1) is 8.99. The summed E-state index contributed by atoms with van der Waals surface area (Å²) in [6.07, 6.45) is -1.69. The number of halogens is 2. The molecule has 0 radical (unpaired) electrons. The van der Waals surface area contributed by atoms with E-state index >= 15 is 0 Å². The van der Waals surface area contributed by atoms with E-state index in [0.717, 1.165) is 10.0 Å². The van der Waals surface area contributed by atoms with Crippen molar-refractivity contribution in [3.8, 4) is 11.5 Å². The first kappa shape index (κ1) is 14.0. The first-order valence-electron chi connectivity index (χ1n) is 5.57. The van der Waals surface area contributed by atoms with Gasteiger partial charge in [0.15, 0.2) is 17.9 Å². The molecule has 19 heavy (non-hydrogen) atoms. The van der Waals surface area contributed by atoms with Gasteiger partial charge in [-0.05, 0) is 36.8 Å². The summed E-state index contributed by atoms with van der Waals surface area (Å²) in [6.45, 7) is 1.81. The Labute approximate surface area is 118 Å². The molecule has 0 heterocycles. The highest BCUT2D eigenvalue weighted by atomic mass is 79.9. The quantitative estimate of drug-likeness (QED) is 0.846. The normalized spacial score (nSPS) is 10.8. The Morgan fingerprint density at radius 2 is 1.84 bits per heavy atom. The summed E-state index contributed by atoms with van der Waals surface area (Å²) < 4.78 is 19.7. The van der Waals surface area contributed by atoms with Gasteiger partial charge in [-0.1, -0.05) is 28.1 Å². The molecule has 0 amide bonds. The molecule has 2 aromatic carbocycles. The fourth-order valence-corrected chi connectivity index (χ4v) is 1.94. The molecule has 0 aliphatic heterocycles. The van der Waals surface area contributed by atoms with E-state index in [1.54, 1.807) is 24.3 Å². The molecule has 0 aliphatic rings. The van der Waals surface area contributed by atoms with Crippen molar-refractivity contribution in [2.45, 2.75) is 13.2 Å². The molecule has 0 bridgehead atoms. The summed E-state index contributed by atoms with van der Waals surface area (Å²) in [5.41, 5.74) is 1.01. The Hall–Kier alpha value is -1.43. The van der Waals surface area contributed by atoms with Crippen molar-refractivity contribution in [3.05, 3.63) is 57.8 Å². The SMILES string of the molecule is Cc1cc(C(O)O)c(Oc2ccccc2F)cc1Br. The largest absolute Gasteiger partial charge is 0.454 e. The Morgan fingerprint density at radius 1 is 1.16 bits per heavy atom. The smallest absolute Gasteiger partial charge is 0.182 e. The monoisotopic (exact) mass is 326 g/mol. The van der Waals surface area contributed by atoms with Gasteiger partial charge >= 0.3 is 0 Å². The molecule has 0 fully saturated rings. The number of ether oxygens (including phenoxy) is 1. The number of aliphatic hydroxyl groups excluding tert-OH is 1. The van der Waals surface area contributed by atoms with E-state index in [1.807, 2.05) is 6.92 Å². The Morgan fingerprint density at radius 3 is 2.47 bits per heavy atom. The first-order valence-corrected chi connectivity index (χ1v) is 6.37. The molecule has 0 aromatic heterocycles. The molecule has 0 unspecified atom stereocenters. The van der Waals surface area contributed by atoms with Gasteiger partial charge in [-0.2, -0.15) is 0 Å². The zero-order chi connectivity index (χ0) is 14.0. The molecule has 100 valence electrons. The van der Waals surface area contributed by atoms with Gasteiger partial charge in [-0.3, -0.25) is 0 Å². The van der Waals surface area contributed by atoms with Crippen LogP contribution in [0.5, 0.6) is 11.5 Å². The van der Waals surface area contributed by atoms with Crippen molar-refractivity contribution in [1.82, 2.24) is 0 Å². The highest BCUT2D eigenvalue weighted by molar-refractivity contribution is 9.10. The van der Waals surface area contributed by atoms with Gasteiger partial charge in [0.05, 0.1) is 5.56 Å². The molecule has 0 atom stereocenters. The van der Waals surface area contributed by atoms with E-state index in [-0.39, 0.29) is 17.1 Å². The van der Waals surface area contributed by atoms with Gasteiger partial charge in [-0.15, -0.1) is 0 Å². The number of aliphatic hydroxyl groups is 2. The third kappa shape index (κ3) is 3.12. The zero-order valence-corrected chi connectivity index (χ0v) is 11.7. The lowest BCUT2D eigenvalue weighted by Crippen LogP contribution is -2.00. The molecule has 0 saturated heterocycles. The molecular weight excluding hydrogens is 315 g/mol. The van der Waals surface area contributed by atoms with Crippen LogP contribution in [0.4, 0.5) is 4.39 Å². The van der Waals surface area contributed by atoms with Crippen LogP contribution >= 0.6 is 15.9 Å². The lowest BCUT2D eigenvalue weighted by atomic mass is 10.1. The minimum atomic E-state index is -1.69. The number of hydrogen-bond acceptors (Lipinski definition) is 3. The Kier molecular flexibility index (Phi) is 4.19. The molecule has 2 N–H and O–H groups in total. The molecule has 2 aromatic rings. The maximum absolute atomic E-state index is 13.5. The second kappa shape index (κ2) is 5.69. The van der Waals surface area contributed by atoms with E-state index < -0.39 is 12.1 Å². The molecule has 0 aliphatic carbocycles. The van der Waals surface area contributed by atoms with Crippen LogP contribution in [0, 0.1) is 12.7 Å². The van der Waals surface area contributed by atoms with Crippen LogP contribution in [0.25, 0.3) is 0 Å². The molecule has 2 rings (SSSR count). The van der Waals surface area contributed by atoms with Crippen molar-refractivity contribution in [1.29, 1.82) is 0 Å². The Balaban J connectivity index is 2.45. The second-order valence-corrected chi connectivity index (χ2v) is 4.90. The minimum Gasteiger partial charge on any atom is -0.454 e. The van der Waals surface area contributed by atoms with Crippen molar-refractivity contribution < 1.29 is 19.3 Å². The summed E-state index contributed by atoms with van der Waals surface area (Å²) in [5, 5.41) is 18.7. The van der Waals surface area contributed by atoms with Gasteiger partial charge in [0, 0.05) is 4.47 Å². The standard InChI is InChI=1S/C14H12BrFO3/c1-8-6-9(14(17)18)13(7-10(8)15)19-12-5-3-2-4-11(12)16/h2-7,14,17-18H,1H3. The molecular formula is C14H12BrFO3. The van der Waals surface area contributed by atoms with Crippen LogP contribution in [0.1, 0.15) is 17.4 Å². The highest BCUT2D eigenvalue weighted by Gasteiger charge is 2.15. The summed E-state index contributed by atoms with van der Waals surface area (Å²) >= 11 is 3.32. The molecule has 0 saturated carbocycles. The fourth-order valence-electron chi connectivity index (χ4n) is 1.62. The fraction of sp³-hybridized carbons (Fsp3) is 0.143. The average molecular weight is 327 g/mol. The maximum Gasteiger partial charge on any atom is 0.182 e. The summed E-state index contributed by atoms with van der Waals surface area (Å²) in [4.78, 5) is 0. The van der Waals surface area contributed by atoms with Crippen LogP contribution in [0.15, 0.2) is 40.9 Å². The topological polar surface area (TPSA) is 49.7 Å². The van der Waals surface area contributed by atoms with E-state index in [0.29, 0.717) is 0 Å². The highest BCUT2D eigenvalue weighted by Crippen LogP contribution is 2.34. The summed E-state index contributed by atoms with van der Waals surface area (Å²) in [7, 11) is 0. The van der Waals surface area contributed by atoms with Gasteiger partial charge in [-0.25, -0.2) is 4.39 Å². The second-order valence-electron chi connectivity index (χ2n) is 4.05. The number of benzene rings is 2. The van der Waals surface area contributed by atoms with E-state index in [1.165, 1.54) is 12.1 Å². The number of aryl methyl sites for hydroxylation is 1. The third-order valence-electron chi connectivity index (χ3n) is 2.63. The number of para-hydroxylation sites is 1. The third-order valence-corrected chi connectivity index (χ3v) is 3.48. The maximum atomic E-state index is 13.5. The van der Waals surface area contributed by atoms with Crippen LogP contribution < -0.4 is 4.74 Å². The van der Waals surface area contributed by atoms with Crippen molar-refractivity contribution >= 4 is 15.9 Å². The predicted molar refractivity (Wildman–Crippen MR) is 72.5 cm³/mol. The minimum absolute atomic E-state index is 0.0279. The average Bonchev–Trinajstić information content (AvgIpc) is 2.36. The zero-order valence-electron chi connectivity index (χ0n) is 10.1. The summed E-state index contributed by atoms with van der Waals surface area (Å²) in [6, 6.07) is 9.08. The molecule has 0 spiro atoms. The summed E-state index contributed by atoms with van der Waals surface area (Å²) in [5.74, 6) is -0.296. The van der Waals surface area contributed by atoms with Crippen LogP contribution in [-0.2, 0) is 0 Å². The van der Waals surface area contributed by atoms with Crippen molar-refractivity contribution in [3.63, 3.8) is 0 Å². The molecule has 3 nitrogen and oxygen atoms in total. The number of hydrogen-bond donors (Lipinski definition) is 2. The van der Waals surface area contributed by atoms with Gasteiger partial charge in [0.1, 0.15) is 5.75 Å².